The van der Waals surface area contributed by atoms with Crippen LogP contribution in [-0.4, -0.2) is 31.7 Å². The Morgan fingerprint density at radius 2 is 1.64 bits per heavy atom. The first kappa shape index (κ1) is 25.9. The monoisotopic (exact) mass is 507 g/mol. The van der Waals surface area contributed by atoms with Crippen LogP contribution in [0.2, 0.25) is 0 Å². The summed E-state index contributed by atoms with van der Waals surface area (Å²) in [6.45, 7) is 10.9. The van der Waals surface area contributed by atoms with Gasteiger partial charge >= 0.3 is 5.97 Å². The number of nitrogens with one attached hydrogen (secondary N) is 1. The second kappa shape index (κ2) is 9.37. The smallest absolute Gasteiger partial charge is 0.310 e. The molecule has 1 aliphatic rings. The van der Waals surface area contributed by atoms with E-state index in [0.29, 0.717) is 16.8 Å². The van der Waals surface area contributed by atoms with Crippen LogP contribution in [0.3, 0.4) is 0 Å². The third kappa shape index (κ3) is 5.18. The van der Waals surface area contributed by atoms with Crippen LogP contribution in [0.25, 0.3) is 22.3 Å². The molecule has 0 radical (unpaired) electrons. The number of carbonyl (C=O) groups excluding carboxylic acids is 1. The Bertz CT molecular complexity index is 1450. The fourth-order valence-corrected chi connectivity index (χ4v) is 6.18. The molecule has 1 heterocycles. The average molecular weight is 508 g/mol. The number of benzene rings is 3. The molecule has 0 atom stereocenters. The summed E-state index contributed by atoms with van der Waals surface area (Å²) >= 11 is 0. The van der Waals surface area contributed by atoms with Crippen molar-refractivity contribution in [1.29, 1.82) is 0 Å². The van der Waals surface area contributed by atoms with E-state index in [9.17, 15) is 18.3 Å². The molecule has 0 saturated heterocycles. The maximum Gasteiger partial charge on any atom is 0.310 e. The van der Waals surface area contributed by atoms with E-state index in [2.05, 4.69) is 4.72 Å². The van der Waals surface area contributed by atoms with Crippen LogP contribution in [0.4, 0.5) is 5.69 Å². The average Bonchev–Trinajstić information content (AvgIpc) is 2.90. The Morgan fingerprint density at radius 3 is 2.28 bits per heavy atom. The zero-order valence-electron chi connectivity index (χ0n) is 21.7. The van der Waals surface area contributed by atoms with Gasteiger partial charge in [0.05, 0.1) is 23.5 Å². The molecule has 6 nitrogen and oxygen atoms in total. The second-order valence-electron chi connectivity index (χ2n) is 10.3. The van der Waals surface area contributed by atoms with E-state index in [-0.39, 0.29) is 18.8 Å². The molecule has 0 fully saturated rings. The summed E-state index contributed by atoms with van der Waals surface area (Å²) < 4.78 is 34.4. The van der Waals surface area contributed by atoms with Gasteiger partial charge in [-0.05, 0) is 86.1 Å². The molecular formula is C29H33NO5S. The Balaban J connectivity index is 2.02. The van der Waals surface area contributed by atoms with Gasteiger partial charge in [0.1, 0.15) is 6.61 Å². The minimum Gasteiger partial charge on any atom is -0.462 e. The number of ether oxygens (including phenoxy) is 1. The van der Waals surface area contributed by atoms with Crippen molar-refractivity contribution in [3.05, 3.63) is 75.8 Å². The molecule has 3 aromatic carbocycles. The molecule has 0 unspecified atom stereocenters. The van der Waals surface area contributed by atoms with Crippen molar-refractivity contribution in [2.45, 2.75) is 59.3 Å². The lowest BCUT2D eigenvalue weighted by molar-refractivity contribution is -0.149. The molecule has 4 rings (SSSR count). The van der Waals surface area contributed by atoms with Crippen molar-refractivity contribution >= 4 is 21.7 Å². The van der Waals surface area contributed by atoms with Crippen LogP contribution in [-0.2, 0) is 31.7 Å². The Kier molecular flexibility index (Phi) is 6.75. The van der Waals surface area contributed by atoms with Gasteiger partial charge in [0.15, 0.2) is 0 Å². The highest BCUT2D eigenvalue weighted by molar-refractivity contribution is 7.92. The van der Waals surface area contributed by atoms with Crippen molar-refractivity contribution in [3.8, 4) is 22.3 Å². The largest absolute Gasteiger partial charge is 0.462 e. The van der Waals surface area contributed by atoms with Crippen LogP contribution in [0.1, 0.15) is 47.2 Å². The highest BCUT2D eigenvalue weighted by Crippen LogP contribution is 2.47. The van der Waals surface area contributed by atoms with Crippen molar-refractivity contribution in [2.75, 3.05) is 11.3 Å². The zero-order chi connectivity index (χ0) is 26.4. The third-order valence-electron chi connectivity index (χ3n) is 6.59. The van der Waals surface area contributed by atoms with E-state index in [0.717, 1.165) is 44.5 Å². The predicted octanol–water partition coefficient (Wildman–Crippen LogP) is 5.37. The van der Waals surface area contributed by atoms with E-state index < -0.39 is 21.6 Å². The van der Waals surface area contributed by atoms with Gasteiger partial charge in [-0.1, -0.05) is 48.0 Å². The molecule has 3 aromatic rings. The van der Waals surface area contributed by atoms with Gasteiger partial charge in [0.25, 0.3) is 0 Å². The van der Waals surface area contributed by atoms with E-state index in [1.54, 1.807) is 13.8 Å². The van der Waals surface area contributed by atoms with Crippen molar-refractivity contribution in [2.24, 2.45) is 0 Å². The molecule has 0 aliphatic carbocycles. The molecule has 0 spiro atoms. The number of esters is 1. The maximum atomic E-state index is 13.1. The lowest BCUT2D eigenvalue weighted by Gasteiger charge is -2.25. The number of carbonyl (C=O) groups is 1. The SMILES string of the molecule is Cc1ccc(-c2c(C)c3c(c(C)c2CC(=O)OCC(C)(C)O)NS(=O)(=O)Cc2cccc(C)c2-3)cc1. The molecule has 0 saturated carbocycles. The topological polar surface area (TPSA) is 92.7 Å². The Morgan fingerprint density at radius 1 is 0.972 bits per heavy atom. The number of sulfonamides is 1. The third-order valence-corrected chi connectivity index (χ3v) is 7.80. The van der Waals surface area contributed by atoms with Gasteiger partial charge in [-0.25, -0.2) is 8.42 Å². The number of anilines is 1. The first-order valence-electron chi connectivity index (χ1n) is 12.0. The summed E-state index contributed by atoms with van der Waals surface area (Å²) in [5, 5.41) is 10.0. The fraction of sp³-hybridized carbons (Fsp3) is 0.345. The van der Waals surface area contributed by atoms with Gasteiger partial charge in [-0.2, -0.15) is 0 Å². The van der Waals surface area contributed by atoms with Crippen molar-refractivity contribution in [3.63, 3.8) is 0 Å². The number of fused-ring (bicyclic) bond motifs is 3. The van der Waals surface area contributed by atoms with Gasteiger partial charge in [-0.3, -0.25) is 9.52 Å². The summed E-state index contributed by atoms with van der Waals surface area (Å²) in [6.07, 6.45) is -0.0540. The van der Waals surface area contributed by atoms with E-state index in [1.807, 2.05) is 70.2 Å². The number of rotatable bonds is 5. The van der Waals surface area contributed by atoms with Gasteiger partial charge in [-0.15, -0.1) is 0 Å². The first-order chi connectivity index (χ1) is 16.8. The number of aliphatic hydroxyl groups is 1. The molecule has 0 bridgehead atoms. The maximum absolute atomic E-state index is 13.1. The Hall–Kier alpha value is -3.16. The lowest BCUT2D eigenvalue weighted by Crippen LogP contribution is -2.28. The van der Waals surface area contributed by atoms with Crippen LogP contribution in [0.15, 0.2) is 42.5 Å². The van der Waals surface area contributed by atoms with E-state index >= 15 is 0 Å². The summed E-state index contributed by atoms with van der Waals surface area (Å²) in [7, 11) is -3.66. The highest BCUT2D eigenvalue weighted by atomic mass is 32.2. The standard InChI is InChI=1S/C29H33NO5S/c1-17-10-12-21(13-11-17)26-20(4)27-25-18(2)8-7-9-22(25)15-36(33,34)30-28(27)19(3)23(26)14-24(31)35-16-29(5,6)32/h7-13,30,32H,14-16H2,1-6H3. The van der Waals surface area contributed by atoms with Crippen LogP contribution >= 0.6 is 0 Å². The summed E-state index contributed by atoms with van der Waals surface area (Å²) in [6, 6.07) is 13.8. The number of aryl methyl sites for hydroxylation is 2. The molecule has 0 aromatic heterocycles. The molecule has 190 valence electrons. The first-order valence-corrected chi connectivity index (χ1v) is 13.6. The molecule has 7 heteroatoms. The summed E-state index contributed by atoms with van der Waals surface area (Å²) in [5.41, 5.74) is 8.07. The van der Waals surface area contributed by atoms with Gasteiger partial charge in [0.2, 0.25) is 10.0 Å². The van der Waals surface area contributed by atoms with E-state index in [1.165, 1.54) is 0 Å². The van der Waals surface area contributed by atoms with E-state index in [4.69, 9.17) is 4.74 Å². The van der Waals surface area contributed by atoms with Crippen molar-refractivity contribution < 1.29 is 23.1 Å². The minimum atomic E-state index is -3.66. The van der Waals surface area contributed by atoms with Crippen LogP contribution in [0, 0.1) is 27.7 Å². The van der Waals surface area contributed by atoms with Crippen LogP contribution < -0.4 is 4.72 Å². The minimum absolute atomic E-state index is 0.0540. The second-order valence-corrected chi connectivity index (χ2v) is 12.1. The van der Waals surface area contributed by atoms with Crippen LogP contribution in [0.5, 0.6) is 0 Å². The number of hydrogen-bond acceptors (Lipinski definition) is 5. The summed E-state index contributed by atoms with van der Waals surface area (Å²) in [5.74, 6) is -0.610. The molecule has 1 aliphatic heterocycles. The van der Waals surface area contributed by atoms with Gasteiger partial charge in [0, 0.05) is 5.56 Å². The molecular weight excluding hydrogens is 474 g/mol. The fourth-order valence-electron chi connectivity index (χ4n) is 4.89. The molecule has 36 heavy (non-hydrogen) atoms. The quantitative estimate of drug-likeness (QED) is 0.453. The zero-order valence-corrected chi connectivity index (χ0v) is 22.5. The highest BCUT2D eigenvalue weighted by Gasteiger charge is 2.31. The normalized spacial score (nSPS) is 14.3. The lowest BCUT2D eigenvalue weighted by atomic mass is 9.81. The van der Waals surface area contributed by atoms with Gasteiger partial charge < -0.3 is 9.84 Å². The number of hydrogen-bond donors (Lipinski definition) is 2. The predicted molar refractivity (Wildman–Crippen MR) is 143 cm³/mol. The Labute approximate surface area is 213 Å². The molecule has 2 N–H and O–H groups in total. The summed E-state index contributed by atoms with van der Waals surface area (Å²) in [4.78, 5) is 12.9. The molecule has 0 amide bonds. The van der Waals surface area contributed by atoms with Crippen molar-refractivity contribution in [1.82, 2.24) is 0 Å².